The molecule has 3 rings (SSSR count). The monoisotopic (exact) mass is 262 g/mol. The van der Waals surface area contributed by atoms with Crippen molar-refractivity contribution in [3.63, 3.8) is 0 Å². The Bertz CT molecular complexity index is 546. The number of fused-ring (bicyclic) bond motifs is 1. The Morgan fingerprint density at radius 3 is 3.17 bits per heavy atom. The van der Waals surface area contributed by atoms with Gasteiger partial charge in [0, 0.05) is 6.61 Å². The van der Waals surface area contributed by atoms with Crippen LogP contribution in [0.25, 0.3) is 10.2 Å². The second-order valence-electron chi connectivity index (χ2n) is 4.97. The summed E-state index contributed by atoms with van der Waals surface area (Å²) in [4.78, 5) is 4.62. The van der Waals surface area contributed by atoms with Gasteiger partial charge in [-0.15, -0.1) is 0 Å². The van der Waals surface area contributed by atoms with Crippen molar-refractivity contribution >= 4 is 26.7 Å². The fraction of sp³-hybridized carbons (Fsp3) is 0.500. The first-order chi connectivity index (χ1) is 8.72. The van der Waals surface area contributed by atoms with Crippen LogP contribution in [0.2, 0.25) is 0 Å². The first-order valence-electron chi connectivity index (χ1n) is 6.48. The first-order valence-corrected chi connectivity index (χ1v) is 7.29. The third-order valence-corrected chi connectivity index (χ3v) is 4.37. The lowest BCUT2D eigenvalue weighted by atomic mass is 10.1. The second kappa shape index (κ2) is 4.86. The van der Waals surface area contributed by atoms with Gasteiger partial charge in [0.05, 0.1) is 22.4 Å². The molecule has 1 aliphatic rings. The third kappa shape index (κ3) is 2.35. The smallest absolute Gasteiger partial charge is 0.184 e. The molecule has 2 heterocycles. The molecule has 1 aromatic heterocycles. The number of aryl methyl sites for hydroxylation is 1. The summed E-state index contributed by atoms with van der Waals surface area (Å²) in [6.45, 7) is 5.18. The number of nitrogens with one attached hydrogen (secondary N) is 1. The lowest BCUT2D eigenvalue weighted by Crippen LogP contribution is -2.29. The molecule has 2 unspecified atom stereocenters. The summed E-state index contributed by atoms with van der Waals surface area (Å²) >= 11 is 1.72. The van der Waals surface area contributed by atoms with E-state index in [-0.39, 0.29) is 0 Å². The zero-order valence-corrected chi connectivity index (χ0v) is 11.6. The molecule has 0 aliphatic carbocycles. The molecule has 0 spiro atoms. The number of hydrogen-bond donors (Lipinski definition) is 1. The quantitative estimate of drug-likeness (QED) is 0.918. The molecule has 1 fully saturated rings. The van der Waals surface area contributed by atoms with E-state index in [1.54, 1.807) is 11.3 Å². The van der Waals surface area contributed by atoms with Crippen molar-refractivity contribution in [2.45, 2.75) is 38.8 Å². The SMILES string of the molecule is Cc1ccc2nc(NC(C)C3CCCO3)sc2c1. The molecular weight excluding hydrogens is 244 g/mol. The minimum absolute atomic E-state index is 0.328. The van der Waals surface area contributed by atoms with Crippen molar-refractivity contribution in [3.8, 4) is 0 Å². The van der Waals surface area contributed by atoms with Gasteiger partial charge in [-0.1, -0.05) is 17.4 Å². The summed E-state index contributed by atoms with van der Waals surface area (Å²) in [6, 6.07) is 6.71. The van der Waals surface area contributed by atoms with E-state index in [2.05, 4.69) is 42.3 Å². The summed E-state index contributed by atoms with van der Waals surface area (Å²) < 4.78 is 6.94. The summed E-state index contributed by atoms with van der Waals surface area (Å²) in [5.41, 5.74) is 2.36. The number of nitrogens with zero attached hydrogens (tertiary/aromatic N) is 1. The average Bonchev–Trinajstić information content (AvgIpc) is 2.95. The number of thiazole rings is 1. The summed E-state index contributed by atoms with van der Waals surface area (Å²) in [6.07, 6.45) is 2.66. The van der Waals surface area contributed by atoms with Crippen LogP contribution in [0.4, 0.5) is 5.13 Å². The van der Waals surface area contributed by atoms with Gasteiger partial charge in [0.15, 0.2) is 5.13 Å². The molecule has 0 radical (unpaired) electrons. The van der Waals surface area contributed by atoms with Crippen molar-refractivity contribution in [1.82, 2.24) is 4.98 Å². The van der Waals surface area contributed by atoms with E-state index < -0.39 is 0 Å². The lowest BCUT2D eigenvalue weighted by molar-refractivity contribution is 0.0996. The summed E-state index contributed by atoms with van der Waals surface area (Å²) in [7, 11) is 0. The van der Waals surface area contributed by atoms with Gasteiger partial charge in [-0.05, 0) is 44.4 Å². The highest BCUT2D eigenvalue weighted by atomic mass is 32.1. The summed E-state index contributed by atoms with van der Waals surface area (Å²) in [5.74, 6) is 0. The molecule has 2 atom stereocenters. The first kappa shape index (κ1) is 11.9. The van der Waals surface area contributed by atoms with Crippen LogP contribution in [0.1, 0.15) is 25.3 Å². The number of hydrogen-bond acceptors (Lipinski definition) is 4. The van der Waals surface area contributed by atoms with E-state index in [1.807, 2.05) is 0 Å². The van der Waals surface area contributed by atoms with Crippen LogP contribution in [-0.4, -0.2) is 23.7 Å². The van der Waals surface area contributed by atoms with Gasteiger partial charge in [-0.25, -0.2) is 4.98 Å². The van der Waals surface area contributed by atoms with Gasteiger partial charge >= 0.3 is 0 Å². The number of ether oxygens (including phenoxy) is 1. The van der Waals surface area contributed by atoms with Gasteiger partial charge in [-0.3, -0.25) is 0 Å². The minimum Gasteiger partial charge on any atom is -0.376 e. The van der Waals surface area contributed by atoms with Crippen LogP contribution in [-0.2, 0) is 4.74 Å². The van der Waals surface area contributed by atoms with Crippen molar-refractivity contribution in [2.24, 2.45) is 0 Å². The van der Waals surface area contributed by atoms with E-state index >= 15 is 0 Å². The van der Waals surface area contributed by atoms with Gasteiger partial charge in [0.25, 0.3) is 0 Å². The molecule has 1 aromatic carbocycles. The number of aromatic nitrogens is 1. The Hall–Kier alpha value is -1.13. The van der Waals surface area contributed by atoms with Gasteiger partial charge in [-0.2, -0.15) is 0 Å². The van der Waals surface area contributed by atoms with Crippen LogP contribution >= 0.6 is 11.3 Å². The zero-order chi connectivity index (χ0) is 12.5. The molecule has 1 N–H and O–H groups in total. The molecule has 1 saturated heterocycles. The van der Waals surface area contributed by atoms with Crippen molar-refractivity contribution in [3.05, 3.63) is 23.8 Å². The van der Waals surface area contributed by atoms with Crippen molar-refractivity contribution in [1.29, 1.82) is 0 Å². The van der Waals surface area contributed by atoms with Crippen LogP contribution in [0.5, 0.6) is 0 Å². The topological polar surface area (TPSA) is 34.2 Å². The average molecular weight is 262 g/mol. The number of rotatable bonds is 3. The lowest BCUT2D eigenvalue weighted by Gasteiger charge is -2.19. The fourth-order valence-electron chi connectivity index (χ4n) is 2.38. The van der Waals surface area contributed by atoms with Crippen LogP contribution in [0, 0.1) is 6.92 Å². The Morgan fingerprint density at radius 1 is 1.50 bits per heavy atom. The normalized spacial score (nSPS) is 21.3. The van der Waals surface area contributed by atoms with Crippen molar-refractivity contribution < 1.29 is 4.74 Å². The number of anilines is 1. The largest absolute Gasteiger partial charge is 0.376 e. The standard InChI is InChI=1S/C14H18N2OS/c1-9-5-6-11-13(8-9)18-14(16-11)15-10(2)12-4-3-7-17-12/h5-6,8,10,12H,3-4,7H2,1-2H3,(H,15,16). The second-order valence-corrected chi connectivity index (χ2v) is 6.01. The van der Waals surface area contributed by atoms with Crippen LogP contribution in [0.3, 0.4) is 0 Å². The van der Waals surface area contributed by atoms with E-state index in [0.717, 1.165) is 23.7 Å². The molecule has 96 valence electrons. The number of benzene rings is 1. The molecule has 2 aromatic rings. The Kier molecular flexibility index (Phi) is 3.22. The molecule has 18 heavy (non-hydrogen) atoms. The highest BCUT2D eigenvalue weighted by molar-refractivity contribution is 7.22. The third-order valence-electron chi connectivity index (χ3n) is 3.42. The van der Waals surface area contributed by atoms with E-state index in [9.17, 15) is 0 Å². The molecule has 0 saturated carbocycles. The van der Waals surface area contributed by atoms with E-state index in [0.29, 0.717) is 12.1 Å². The maximum Gasteiger partial charge on any atom is 0.184 e. The van der Waals surface area contributed by atoms with Crippen LogP contribution < -0.4 is 5.32 Å². The molecule has 4 heteroatoms. The molecule has 1 aliphatic heterocycles. The zero-order valence-electron chi connectivity index (χ0n) is 10.8. The Balaban J connectivity index is 1.77. The predicted octanol–water partition coefficient (Wildman–Crippen LogP) is 3.58. The molecular formula is C14H18N2OS. The van der Waals surface area contributed by atoms with Gasteiger partial charge in [0.1, 0.15) is 0 Å². The highest BCUT2D eigenvalue weighted by Gasteiger charge is 2.22. The van der Waals surface area contributed by atoms with E-state index in [1.165, 1.54) is 16.7 Å². The summed E-state index contributed by atoms with van der Waals surface area (Å²) in [5, 5.41) is 4.47. The predicted molar refractivity (Wildman–Crippen MR) is 76.4 cm³/mol. The van der Waals surface area contributed by atoms with E-state index in [4.69, 9.17) is 4.74 Å². The molecule has 0 bridgehead atoms. The molecule has 3 nitrogen and oxygen atoms in total. The fourth-order valence-corrected chi connectivity index (χ4v) is 3.44. The Morgan fingerprint density at radius 2 is 2.39 bits per heavy atom. The van der Waals surface area contributed by atoms with Crippen LogP contribution in [0.15, 0.2) is 18.2 Å². The van der Waals surface area contributed by atoms with Crippen molar-refractivity contribution in [2.75, 3.05) is 11.9 Å². The molecule has 0 amide bonds. The van der Waals surface area contributed by atoms with Gasteiger partial charge < -0.3 is 10.1 Å². The van der Waals surface area contributed by atoms with Gasteiger partial charge in [0.2, 0.25) is 0 Å². The maximum absolute atomic E-state index is 5.69. The minimum atomic E-state index is 0.328. The highest BCUT2D eigenvalue weighted by Crippen LogP contribution is 2.28. The Labute approximate surface area is 111 Å². The maximum atomic E-state index is 5.69.